The van der Waals surface area contributed by atoms with Crippen molar-refractivity contribution in [2.45, 2.75) is 12.5 Å². The Bertz CT molecular complexity index is 496. The molecule has 2 aromatic heterocycles. The number of hydrogen-bond donors (Lipinski definition) is 2. The van der Waals surface area contributed by atoms with Gasteiger partial charge in [-0.15, -0.1) is 0 Å². The van der Waals surface area contributed by atoms with Crippen LogP contribution in [0.3, 0.4) is 0 Å². The van der Waals surface area contributed by atoms with Gasteiger partial charge in [0.25, 0.3) is 0 Å². The van der Waals surface area contributed by atoms with E-state index in [1.165, 1.54) is 6.20 Å². The molecule has 17 heavy (non-hydrogen) atoms. The average Bonchev–Trinajstić information content (AvgIpc) is 2.73. The Morgan fingerprint density at radius 1 is 1.53 bits per heavy atom. The van der Waals surface area contributed by atoms with E-state index in [2.05, 4.69) is 15.5 Å². The van der Waals surface area contributed by atoms with E-state index in [9.17, 15) is 4.39 Å². The van der Waals surface area contributed by atoms with Gasteiger partial charge in [-0.1, -0.05) is 0 Å². The fraction of sp³-hybridized carbons (Fsp3) is 0.273. The molecule has 3 N–H and O–H groups in total. The second-order valence-corrected chi connectivity index (χ2v) is 3.80. The van der Waals surface area contributed by atoms with Gasteiger partial charge in [-0.3, -0.25) is 20.9 Å². The molecule has 90 valence electrons. The summed E-state index contributed by atoms with van der Waals surface area (Å²) in [6.07, 6.45) is 5.09. The number of pyridine rings is 1. The van der Waals surface area contributed by atoms with E-state index < -0.39 is 0 Å². The first-order valence-corrected chi connectivity index (χ1v) is 5.24. The zero-order valence-corrected chi connectivity index (χ0v) is 9.47. The number of nitrogens with two attached hydrogens (primary N) is 1. The van der Waals surface area contributed by atoms with Gasteiger partial charge in [-0.2, -0.15) is 5.10 Å². The van der Waals surface area contributed by atoms with Gasteiger partial charge in [0.15, 0.2) is 0 Å². The van der Waals surface area contributed by atoms with E-state index in [-0.39, 0.29) is 11.9 Å². The van der Waals surface area contributed by atoms with Crippen molar-refractivity contribution in [3.63, 3.8) is 0 Å². The lowest BCUT2D eigenvalue weighted by Crippen LogP contribution is -2.30. The zero-order chi connectivity index (χ0) is 12.3. The van der Waals surface area contributed by atoms with E-state index in [0.717, 1.165) is 5.69 Å². The van der Waals surface area contributed by atoms with E-state index in [4.69, 9.17) is 5.84 Å². The standard InChI is InChI=1S/C11H14FN5/c1-17-5-3-8(16-17)6-11(15-13)9-2-4-14-7-10(9)12/h2-5,7,11,15H,6,13H2,1H3. The van der Waals surface area contributed by atoms with Crippen LogP contribution in [0.2, 0.25) is 0 Å². The molecule has 0 amide bonds. The maximum Gasteiger partial charge on any atom is 0.146 e. The van der Waals surface area contributed by atoms with Crippen molar-refractivity contribution in [1.29, 1.82) is 0 Å². The number of hydrogen-bond acceptors (Lipinski definition) is 4. The first-order chi connectivity index (χ1) is 8.20. The Morgan fingerprint density at radius 3 is 2.94 bits per heavy atom. The van der Waals surface area contributed by atoms with Crippen molar-refractivity contribution < 1.29 is 4.39 Å². The third-order valence-electron chi connectivity index (χ3n) is 2.56. The van der Waals surface area contributed by atoms with Gasteiger partial charge in [0.1, 0.15) is 5.82 Å². The fourth-order valence-electron chi connectivity index (χ4n) is 1.71. The molecule has 0 fully saturated rings. The molecule has 6 heteroatoms. The molecule has 1 unspecified atom stereocenters. The number of aromatic nitrogens is 3. The summed E-state index contributed by atoms with van der Waals surface area (Å²) in [4.78, 5) is 3.71. The number of rotatable bonds is 4. The summed E-state index contributed by atoms with van der Waals surface area (Å²) in [5.74, 6) is 5.09. The maximum atomic E-state index is 13.6. The molecule has 2 rings (SSSR count). The normalized spacial score (nSPS) is 12.6. The average molecular weight is 235 g/mol. The Balaban J connectivity index is 2.20. The summed E-state index contributed by atoms with van der Waals surface area (Å²) < 4.78 is 15.3. The van der Waals surface area contributed by atoms with E-state index in [1.54, 1.807) is 16.9 Å². The van der Waals surface area contributed by atoms with Crippen molar-refractivity contribution in [3.05, 3.63) is 47.8 Å². The number of nitrogens with one attached hydrogen (secondary N) is 1. The number of aryl methyl sites for hydroxylation is 1. The van der Waals surface area contributed by atoms with Crippen LogP contribution in [0.5, 0.6) is 0 Å². The van der Waals surface area contributed by atoms with Crippen LogP contribution in [0.15, 0.2) is 30.7 Å². The molecule has 0 saturated carbocycles. The largest absolute Gasteiger partial charge is 0.276 e. The molecular weight excluding hydrogens is 221 g/mol. The maximum absolute atomic E-state index is 13.6. The third kappa shape index (κ3) is 2.66. The van der Waals surface area contributed by atoms with E-state index >= 15 is 0 Å². The van der Waals surface area contributed by atoms with Crippen LogP contribution >= 0.6 is 0 Å². The molecule has 0 bridgehead atoms. The van der Waals surface area contributed by atoms with Crippen molar-refractivity contribution in [1.82, 2.24) is 20.2 Å². The summed E-state index contributed by atoms with van der Waals surface area (Å²) in [7, 11) is 1.83. The van der Waals surface area contributed by atoms with Gasteiger partial charge in [0.2, 0.25) is 0 Å². The highest BCUT2D eigenvalue weighted by Gasteiger charge is 2.15. The highest BCUT2D eigenvalue weighted by molar-refractivity contribution is 5.19. The monoisotopic (exact) mass is 235 g/mol. The minimum Gasteiger partial charge on any atom is -0.276 e. The molecule has 0 saturated heterocycles. The van der Waals surface area contributed by atoms with Crippen LogP contribution in [-0.2, 0) is 13.5 Å². The topological polar surface area (TPSA) is 68.8 Å². The third-order valence-corrected chi connectivity index (χ3v) is 2.56. The summed E-state index contributed by atoms with van der Waals surface area (Å²) in [6.45, 7) is 0. The van der Waals surface area contributed by atoms with Gasteiger partial charge in [0, 0.05) is 31.4 Å². The van der Waals surface area contributed by atoms with Gasteiger partial charge < -0.3 is 0 Å². The van der Waals surface area contributed by atoms with Gasteiger partial charge >= 0.3 is 0 Å². The molecule has 0 aliphatic heterocycles. The molecule has 0 aromatic carbocycles. The molecule has 0 aliphatic carbocycles. The molecule has 0 radical (unpaired) electrons. The highest BCUT2D eigenvalue weighted by Crippen LogP contribution is 2.18. The number of nitrogens with zero attached hydrogens (tertiary/aromatic N) is 3. The number of halogens is 1. The van der Waals surface area contributed by atoms with Crippen LogP contribution in [0.1, 0.15) is 17.3 Å². The fourth-order valence-corrected chi connectivity index (χ4v) is 1.71. The van der Waals surface area contributed by atoms with Crippen LogP contribution in [0.25, 0.3) is 0 Å². The van der Waals surface area contributed by atoms with Crippen molar-refractivity contribution >= 4 is 0 Å². The SMILES string of the molecule is Cn1ccc(CC(NN)c2ccncc2F)n1. The van der Waals surface area contributed by atoms with Gasteiger partial charge in [-0.05, 0) is 12.1 Å². The predicted octanol–water partition coefficient (Wildman–Crippen LogP) is 0.701. The van der Waals surface area contributed by atoms with Gasteiger partial charge in [-0.25, -0.2) is 4.39 Å². The van der Waals surface area contributed by atoms with Crippen LogP contribution in [0, 0.1) is 5.82 Å². The van der Waals surface area contributed by atoms with Crippen LogP contribution in [0.4, 0.5) is 4.39 Å². The molecule has 2 aromatic rings. The quantitative estimate of drug-likeness (QED) is 0.604. The molecule has 0 aliphatic rings. The summed E-state index contributed by atoms with van der Waals surface area (Å²) >= 11 is 0. The molecule has 5 nitrogen and oxygen atoms in total. The molecule has 2 heterocycles. The zero-order valence-electron chi connectivity index (χ0n) is 9.47. The lowest BCUT2D eigenvalue weighted by atomic mass is 10.0. The van der Waals surface area contributed by atoms with Gasteiger partial charge in [0.05, 0.1) is 17.9 Å². The van der Waals surface area contributed by atoms with Crippen LogP contribution in [-0.4, -0.2) is 14.8 Å². The lowest BCUT2D eigenvalue weighted by Gasteiger charge is -2.15. The Kier molecular flexibility index (Phi) is 3.46. The van der Waals surface area contributed by atoms with Crippen molar-refractivity contribution in [2.24, 2.45) is 12.9 Å². The second kappa shape index (κ2) is 5.03. The summed E-state index contributed by atoms with van der Waals surface area (Å²) in [5, 5.41) is 4.24. The molecular formula is C11H14FN5. The lowest BCUT2D eigenvalue weighted by molar-refractivity contribution is 0.502. The summed E-state index contributed by atoms with van der Waals surface area (Å²) in [6, 6.07) is 3.18. The Morgan fingerprint density at radius 2 is 2.35 bits per heavy atom. The highest BCUT2D eigenvalue weighted by atomic mass is 19.1. The minimum absolute atomic E-state index is 0.312. The molecule has 0 spiro atoms. The molecule has 1 atom stereocenters. The Hall–Kier alpha value is -1.79. The Labute approximate surface area is 98.4 Å². The van der Waals surface area contributed by atoms with Crippen LogP contribution < -0.4 is 11.3 Å². The minimum atomic E-state index is -0.369. The first kappa shape index (κ1) is 11.7. The van der Waals surface area contributed by atoms with Crippen molar-refractivity contribution in [3.8, 4) is 0 Å². The predicted molar refractivity (Wildman–Crippen MR) is 61.2 cm³/mol. The van der Waals surface area contributed by atoms with Crippen molar-refractivity contribution in [2.75, 3.05) is 0 Å². The summed E-state index contributed by atoms with van der Waals surface area (Å²) in [5.41, 5.74) is 3.95. The second-order valence-electron chi connectivity index (χ2n) is 3.80. The van der Waals surface area contributed by atoms with E-state index in [1.807, 2.05) is 19.3 Å². The number of hydrazine groups is 1. The van der Waals surface area contributed by atoms with E-state index in [0.29, 0.717) is 12.0 Å². The smallest absolute Gasteiger partial charge is 0.146 e. The first-order valence-electron chi connectivity index (χ1n) is 5.24.